The first-order valence-corrected chi connectivity index (χ1v) is 3.52. The smallest absolute Gasteiger partial charge is 0.243 e. The lowest BCUT2D eigenvalue weighted by molar-refractivity contribution is -0.132. The molecule has 0 bridgehead atoms. The number of hydrogen-bond donors (Lipinski definition) is 0. The predicted octanol–water partition coefficient (Wildman–Crippen LogP) is 1.43. The summed E-state index contributed by atoms with van der Waals surface area (Å²) in [5.41, 5.74) is 0. The van der Waals surface area contributed by atoms with Crippen molar-refractivity contribution in [3.05, 3.63) is 10.1 Å². The largest absolute Gasteiger partial charge is 0.288 e. The SMILES string of the molecule is O=C1C(=O)C(Cl)C(Cl)=C1Cl. The van der Waals surface area contributed by atoms with Crippen LogP contribution in [0, 0.1) is 0 Å². The van der Waals surface area contributed by atoms with Crippen molar-refractivity contribution >= 4 is 46.4 Å². The molecule has 0 aromatic carbocycles. The number of rotatable bonds is 0. The van der Waals surface area contributed by atoms with Crippen molar-refractivity contribution in [2.75, 3.05) is 0 Å². The van der Waals surface area contributed by atoms with Gasteiger partial charge in [-0.2, -0.15) is 0 Å². The molecule has 0 radical (unpaired) electrons. The van der Waals surface area contributed by atoms with Gasteiger partial charge in [0.2, 0.25) is 11.6 Å². The maximum atomic E-state index is 10.6. The number of allylic oxidation sites excluding steroid dienone is 2. The van der Waals surface area contributed by atoms with Crippen molar-refractivity contribution in [3.8, 4) is 0 Å². The van der Waals surface area contributed by atoms with E-state index < -0.39 is 16.9 Å². The highest BCUT2D eigenvalue weighted by Gasteiger charge is 2.37. The highest BCUT2D eigenvalue weighted by atomic mass is 35.5. The fraction of sp³-hybridized carbons (Fsp3) is 0.200. The van der Waals surface area contributed by atoms with E-state index in [0.717, 1.165) is 0 Å². The van der Waals surface area contributed by atoms with E-state index in [1.54, 1.807) is 0 Å². The van der Waals surface area contributed by atoms with E-state index in [0.29, 0.717) is 0 Å². The van der Waals surface area contributed by atoms with Crippen molar-refractivity contribution in [2.45, 2.75) is 5.38 Å². The lowest BCUT2D eigenvalue weighted by atomic mass is 10.3. The third-order valence-electron chi connectivity index (χ3n) is 1.09. The minimum absolute atomic E-state index is 0.0710. The average Bonchev–Trinajstić information content (AvgIpc) is 2.07. The van der Waals surface area contributed by atoms with E-state index in [2.05, 4.69) is 0 Å². The molecule has 0 N–H and O–H groups in total. The van der Waals surface area contributed by atoms with Crippen molar-refractivity contribution in [1.82, 2.24) is 0 Å². The molecule has 0 spiro atoms. The molecule has 54 valence electrons. The minimum Gasteiger partial charge on any atom is -0.288 e. The molecule has 0 aliphatic heterocycles. The molecule has 0 heterocycles. The first-order chi connectivity index (χ1) is 4.55. The topological polar surface area (TPSA) is 34.1 Å². The highest BCUT2D eigenvalue weighted by molar-refractivity contribution is 6.70. The monoisotopic (exact) mass is 198 g/mol. The van der Waals surface area contributed by atoms with Gasteiger partial charge >= 0.3 is 0 Å². The van der Waals surface area contributed by atoms with Crippen molar-refractivity contribution in [3.63, 3.8) is 0 Å². The molecule has 1 aliphatic carbocycles. The summed E-state index contributed by atoms with van der Waals surface area (Å²) in [4.78, 5) is 21.3. The second-order valence-electron chi connectivity index (χ2n) is 1.72. The van der Waals surface area contributed by atoms with Crippen LogP contribution in [0.4, 0.5) is 0 Å². The summed E-state index contributed by atoms with van der Waals surface area (Å²) in [7, 11) is 0. The van der Waals surface area contributed by atoms with Gasteiger partial charge in [0.1, 0.15) is 10.4 Å². The predicted molar refractivity (Wildman–Crippen MR) is 38.4 cm³/mol. The Kier molecular flexibility index (Phi) is 2.04. The molecule has 2 nitrogen and oxygen atoms in total. The van der Waals surface area contributed by atoms with Gasteiger partial charge in [0.25, 0.3) is 0 Å². The Balaban J connectivity index is 3.11. The van der Waals surface area contributed by atoms with Gasteiger partial charge in [-0.3, -0.25) is 9.59 Å². The van der Waals surface area contributed by atoms with Crippen LogP contribution < -0.4 is 0 Å². The second-order valence-corrected chi connectivity index (χ2v) is 2.94. The van der Waals surface area contributed by atoms with E-state index in [4.69, 9.17) is 34.8 Å². The average molecular weight is 199 g/mol. The molecule has 1 atom stereocenters. The quantitative estimate of drug-likeness (QED) is 0.437. The van der Waals surface area contributed by atoms with Gasteiger partial charge in [0, 0.05) is 0 Å². The Morgan fingerprint density at radius 3 is 1.80 bits per heavy atom. The van der Waals surface area contributed by atoms with Crippen LogP contribution in [0.3, 0.4) is 0 Å². The number of alkyl halides is 1. The van der Waals surface area contributed by atoms with Crippen LogP contribution in [-0.4, -0.2) is 16.9 Å². The van der Waals surface area contributed by atoms with Gasteiger partial charge in [0.15, 0.2) is 0 Å². The number of carbonyl (C=O) groups excluding carboxylic acids is 2. The van der Waals surface area contributed by atoms with Crippen LogP contribution in [0.25, 0.3) is 0 Å². The maximum absolute atomic E-state index is 10.6. The Labute approximate surface area is 71.7 Å². The third-order valence-corrected chi connectivity index (χ3v) is 2.49. The Morgan fingerprint density at radius 1 is 1.20 bits per heavy atom. The van der Waals surface area contributed by atoms with E-state index in [9.17, 15) is 9.59 Å². The zero-order valence-corrected chi connectivity index (χ0v) is 6.80. The summed E-state index contributed by atoms with van der Waals surface area (Å²) in [5, 5.41) is -1.40. The lowest BCUT2D eigenvalue weighted by Crippen LogP contribution is -2.15. The molecule has 1 rings (SSSR count). The summed E-state index contributed by atoms with van der Waals surface area (Å²) in [6, 6.07) is 0. The first kappa shape index (κ1) is 8.05. The summed E-state index contributed by atoms with van der Waals surface area (Å²) in [5.74, 6) is -1.55. The standard InChI is InChI=1S/C5HCl3O2/c6-1-2(7)4(9)5(10)3(1)8/h2H. The van der Waals surface area contributed by atoms with E-state index >= 15 is 0 Å². The van der Waals surface area contributed by atoms with Crippen LogP contribution in [0.2, 0.25) is 0 Å². The van der Waals surface area contributed by atoms with Gasteiger partial charge in [-0.1, -0.05) is 23.2 Å². The molecule has 0 fully saturated rings. The van der Waals surface area contributed by atoms with E-state index in [1.165, 1.54) is 0 Å². The summed E-state index contributed by atoms with van der Waals surface area (Å²) in [6.45, 7) is 0. The molecule has 0 saturated carbocycles. The minimum atomic E-state index is -1.07. The zero-order chi connectivity index (χ0) is 7.89. The number of halogens is 3. The van der Waals surface area contributed by atoms with Crippen molar-refractivity contribution < 1.29 is 9.59 Å². The van der Waals surface area contributed by atoms with Crippen LogP contribution in [-0.2, 0) is 9.59 Å². The second kappa shape index (κ2) is 2.53. The Bertz CT molecular complexity index is 243. The van der Waals surface area contributed by atoms with Crippen LogP contribution in [0.5, 0.6) is 0 Å². The zero-order valence-electron chi connectivity index (χ0n) is 4.53. The number of hydrogen-bond acceptors (Lipinski definition) is 2. The van der Waals surface area contributed by atoms with Gasteiger partial charge in [-0.25, -0.2) is 0 Å². The highest BCUT2D eigenvalue weighted by Crippen LogP contribution is 2.30. The number of Topliss-reactive ketones (excluding diaryl/α,β-unsaturated/α-hetero) is 2. The molecule has 0 saturated heterocycles. The number of ketones is 2. The van der Waals surface area contributed by atoms with E-state index in [1.807, 2.05) is 0 Å². The maximum Gasteiger partial charge on any atom is 0.243 e. The van der Waals surface area contributed by atoms with E-state index in [-0.39, 0.29) is 10.1 Å². The van der Waals surface area contributed by atoms with Gasteiger partial charge < -0.3 is 0 Å². The van der Waals surface area contributed by atoms with Crippen molar-refractivity contribution in [2.24, 2.45) is 0 Å². The fourth-order valence-corrected chi connectivity index (χ4v) is 1.21. The molecular formula is C5HCl3O2. The summed E-state index contributed by atoms with van der Waals surface area (Å²) >= 11 is 16.0. The van der Waals surface area contributed by atoms with Crippen LogP contribution in [0.1, 0.15) is 0 Å². The molecule has 0 aromatic rings. The normalized spacial score (nSPS) is 26.5. The molecule has 0 aromatic heterocycles. The Morgan fingerprint density at radius 2 is 1.70 bits per heavy atom. The molecule has 5 heteroatoms. The van der Waals surface area contributed by atoms with Gasteiger partial charge in [-0.05, 0) is 0 Å². The van der Waals surface area contributed by atoms with Crippen LogP contribution in [0.15, 0.2) is 10.1 Å². The summed E-state index contributed by atoms with van der Waals surface area (Å²) in [6.07, 6.45) is 0. The summed E-state index contributed by atoms with van der Waals surface area (Å²) < 4.78 is 0. The third kappa shape index (κ3) is 0.965. The molecule has 0 amide bonds. The molecular weight excluding hydrogens is 198 g/mol. The van der Waals surface area contributed by atoms with Gasteiger partial charge in [-0.15, -0.1) is 11.6 Å². The van der Waals surface area contributed by atoms with Crippen molar-refractivity contribution in [1.29, 1.82) is 0 Å². The van der Waals surface area contributed by atoms with Gasteiger partial charge in [0.05, 0.1) is 5.03 Å². The lowest BCUT2D eigenvalue weighted by Gasteiger charge is -1.91. The molecule has 1 unspecified atom stereocenters. The fourth-order valence-electron chi connectivity index (χ4n) is 0.558. The van der Waals surface area contributed by atoms with Crippen LogP contribution >= 0.6 is 34.8 Å². The Hall–Kier alpha value is -0.0500. The first-order valence-electron chi connectivity index (χ1n) is 2.33. The number of carbonyl (C=O) groups is 2. The molecule has 10 heavy (non-hydrogen) atoms. The molecule has 1 aliphatic rings.